The maximum Gasteiger partial charge on any atom is 0.322 e. The molecule has 16 heavy (non-hydrogen) atoms. The Hall–Kier alpha value is -1.10. The van der Waals surface area contributed by atoms with Gasteiger partial charge in [-0.3, -0.25) is 9.59 Å². The molecule has 5 nitrogen and oxygen atoms in total. The van der Waals surface area contributed by atoms with Crippen LogP contribution in [0.4, 0.5) is 0 Å². The van der Waals surface area contributed by atoms with Crippen molar-refractivity contribution in [2.24, 2.45) is 11.7 Å². The second kappa shape index (κ2) is 12.0. The average Bonchev–Trinajstić information content (AvgIpc) is 2.34. The van der Waals surface area contributed by atoms with Crippen LogP contribution in [0.1, 0.15) is 34.1 Å². The molecule has 0 amide bonds. The molecule has 0 rings (SSSR count). The van der Waals surface area contributed by atoms with Gasteiger partial charge in [0, 0.05) is 5.92 Å². The highest BCUT2D eigenvalue weighted by molar-refractivity contribution is 5.75. The van der Waals surface area contributed by atoms with Crippen molar-refractivity contribution in [1.29, 1.82) is 0 Å². The number of esters is 1. The lowest BCUT2D eigenvalue weighted by Gasteiger charge is -2.13. The van der Waals surface area contributed by atoms with Crippen molar-refractivity contribution < 1.29 is 19.1 Å². The Kier molecular flexibility index (Phi) is 12.9. The molecular weight excluding hydrogens is 210 g/mol. The molecule has 96 valence electrons. The second-order valence-corrected chi connectivity index (χ2v) is 3.18. The monoisotopic (exact) mass is 233 g/mol. The Labute approximate surface area is 97.3 Å². The summed E-state index contributed by atoms with van der Waals surface area (Å²) in [5.41, 5.74) is 5.44. The Morgan fingerprint density at radius 2 is 1.94 bits per heavy atom. The van der Waals surface area contributed by atoms with Gasteiger partial charge in [-0.25, -0.2) is 0 Å². The molecule has 0 aromatic heterocycles. The molecule has 0 aromatic rings. The number of rotatable bonds is 7. The van der Waals surface area contributed by atoms with Gasteiger partial charge in [-0.15, -0.1) is 0 Å². The van der Waals surface area contributed by atoms with Crippen LogP contribution in [0.3, 0.4) is 0 Å². The number of hydrogen-bond acceptors (Lipinski definition) is 5. The maximum atomic E-state index is 11.1. The summed E-state index contributed by atoms with van der Waals surface area (Å²) in [6.07, 6.45) is 0.554. The molecule has 0 aliphatic rings. The summed E-state index contributed by atoms with van der Waals surface area (Å²) in [6, 6.07) is -0.561. The highest BCUT2D eigenvalue weighted by Gasteiger charge is 2.13. The lowest BCUT2D eigenvalue weighted by atomic mass is 10.2. The molecule has 0 saturated heterocycles. The molecule has 0 heterocycles. The molecule has 0 bridgehead atoms. The number of nitrogens with two attached hydrogens (primary N) is 1. The lowest BCUT2D eigenvalue weighted by Crippen LogP contribution is -2.32. The van der Waals surface area contributed by atoms with Crippen LogP contribution >= 0.6 is 0 Å². The van der Waals surface area contributed by atoms with Gasteiger partial charge in [0.1, 0.15) is 6.04 Å². The van der Waals surface area contributed by atoms with E-state index in [9.17, 15) is 9.59 Å². The van der Waals surface area contributed by atoms with Crippen LogP contribution in [0, 0.1) is 5.92 Å². The van der Waals surface area contributed by atoms with E-state index in [0.29, 0.717) is 12.9 Å². The molecule has 0 aliphatic heterocycles. The van der Waals surface area contributed by atoms with Crippen molar-refractivity contribution in [3.05, 3.63) is 0 Å². The van der Waals surface area contributed by atoms with Gasteiger partial charge < -0.3 is 15.2 Å². The fourth-order valence-corrected chi connectivity index (χ4v) is 0.750. The zero-order chi connectivity index (χ0) is 13.0. The zero-order valence-corrected chi connectivity index (χ0v) is 10.6. The Bertz CT molecular complexity index is 185. The quantitative estimate of drug-likeness (QED) is 0.526. The molecule has 0 radical (unpaired) electrons. The zero-order valence-electron chi connectivity index (χ0n) is 10.6. The van der Waals surface area contributed by atoms with E-state index in [4.69, 9.17) is 10.5 Å². The van der Waals surface area contributed by atoms with E-state index in [-0.39, 0.29) is 19.1 Å². The van der Waals surface area contributed by atoms with Crippen LogP contribution in [0.15, 0.2) is 0 Å². The number of hydrogen-bond donors (Lipinski definition) is 1. The largest absolute Gasteiger partial charge is 0.467 e. The molecular formula is C11H23NO4. The summed E-state index contributed by atoms with van der Waals surface area (Å²) in [6.45, 7) is 8.47. The predicted molar refractivity (Wildman–Crippen MR) is 61.8 cm³/mol. The SMILES string of the molecule is CC.CCC(N)C(=O)OCC(C)COC=O. The molecule has 5 heteroatoms. The first-order chi connectivity index (χ1) is 7.61. The number of carbonyl (C=O) groups is 2. The van der Waals surface area contributed by atoms with Gasteiger partial charge in [-0.1, -0.05) is 27.7 Å². The first-order valence-corrected chi connectivity index (χ1v) is 5.59. The molecule has 0 aromatic carbocycles. The third-order valence-electron chi connectivity index (χ3n) is 1.70. The minimum atomic E-state index is -0.561. The maximum absolute atomic E-state index is 11.1. The van der Waals surface area contributed by atoms with Crippen LogP contribution in [0.5, 0.6) is 0 Å². The Morgan fingerprint density at radius 3 is 2.38 bits per heavy atom. The molecule has 0 fully saturated rings. The summed E-state index contributed by atoms with van der Waals surface area (Å²) in [7, 11) is 0. The van der Waals surface area contributed by atoms with Crippen LogP contribution < -0.4 is 5.73 Å². The molecule has 2 N–H and O–H groups in total. The van der Waals surface area contributed by atoms with Crippen LogP contribution in [-0.2, 0) is 19.1 Å². The van der Waals surface area contributed by atoms with E-state index >= 15 is 0 Å². The molecule has 2 unspecified atom stereocenters. The summed E-state index contributed by atoms with van der Waals surface area (Å²) in [4.78, 5) is 20.9. The predicted octanol–water partition coefficient (Wildman–Crippen LogP) is 1.10. The summed E-state index contributed by atoms with van der Waals surface area (Å²) >= 11 is 0. The van der Waals surface area contributed by atoms with Gasteiger partial charge in [-0.05, 0) is 6.42 Å². The average molecular weight is 233 g/mol. The molecule has 0 saturated carbocycles. The fraction of sp³-hybridized carbons (Fsp3) is 0.818. The van der Waals surface area contributed by atoms with Crippen LogP contribution in [-0.4, -0.2) is 31.7 Å². The van der Waals surface area contributed by atoms with Crippen LogP contribution in [0.2, 0.25) is 0 Å². The van der Waals surface area contributed by atoms with E-state index in [0.717, 1.165) is 0 Å². The van der Waals surface area contributed by atoms with Crippen molar-refractivity contribution in [2.45, 2.75) is 40.2 Å². The first-order valence-electron chi connectivity index (χ1n) is 5.59. The third kappa shape index (κ3) is 9.45. The van der Waals surface area contributed by atoms with Crippen molar-refractivity contribution in [1.82, 2.24) is 0 Å². The van der Waals surface area contributed by atoms with Gasteiger partial charge in [-0.2, -0.15) is 0 Å². The standard InChI is InChI=1S/C9H17NO4.C2H6/c1-3-8(10)9(12)14-5-7(2)4-13-6-11;1-2/h6-8H,3-5,10H2,1-2H3;1-2H3. The third-order valence-corrected chi connectivity index (χ3v) is 1.70. The number of ether oxygens (including phenoxy) is 2. The van der Waals surface area contributed by atoms with Gasteiger partial charge in [0.2, 0.25) is 0 Å². The van der Waals surface area contributed by atoms with Gasteiger partial charge in [0.05, 0.1) is 13.2 Å². The summed E-state index contributed by atoms with van der Waals surface area (Å²) < 4.78 is 9.40. The van der Waals surface area contributed by atoms with E-state index < -0.39 is 12.0 Å². The highest BCUT2D eigenvalue weighted by Crippen LogP contribution is 1.98. The fourth-order valence-electron chi connectivity index (χ4n) is 0.750. The van der Waals surface area contributed by atoms with Crippen molar-refractivity contribution in [3.8, 4) is 0 Å². The van der Waals surface area contributed by atoms with Crippen molar-refractivity contribution in [3.63, 3.8) is 0 Å². The molecule has 0 spiro atoms. The van der Waals surface area contributed by atoms with E-state index in [1.54, 1.807) is 0 Å². The van der Waals surface area contributed by atoms with Gasteiger partial charge in [0.25, 0.3) is 6.47 Å². The first kappa shape index (κ1) is 17.3. The second-order valence-electron chi connectivity index (χ2n) is 3.18. The van der Waals surface area contributed by atoms with Gasteiger partial charge in [0.15, 0.2) is 0 Å². The van der Waals surface area contributed by atoms with Crippen molar-refractivity contribution in [2.75, 3.05) is 13.2 Å². The minimum Gasteiger partial charge on any atom is -0.467 e. The van der Waals surface area contributed by atoms with Crippen molar-refractivity contribution >= 4 is 12.4 Å². The van der Waals surface area contributed by atoms with E-state index in [1.807, 2.05) is 27.7 Å². The summed E-state index contributed by atoms with van der Waals surface area (Å²) in [5, 5.41) is 0. The highest BCUT2D eigenvalue weighted by atomic mass is 16.5. The minimum absolute atomic E-state index is 0.00629. The topological polar surface area (TPSA) is 78.6 Å². The van der Waals surface area contributed by atoms with Gasteiger partial charge >= 0.3 is 5.97 Å². The Balaban J connectivity index is 0. The van der Waals surface area contributed by atoms with E-state index in [2.05, 4.69) is 4.74 Å². The summed E-state index contributed by atoms with van der Waals surface area (Å²) in [5.74, 6) is -0.418. The number of carbonyl (C=O) groups excluding carboxylic acids is 2. The van der Waals surface area contributed by atoms with E-state index in [1.165, 1.54) is 0 Å². The molecule has 2 atom stereocenters. The van der Waals surface area contributed by atoms with Crippen LogP contribution in [0.25, 0.3) is 0 Å². The Morgan fingerprint density at radius 1 is 1.38 bits per heavy atom. The normalized spacial score (nSPS) is 12.8. The molecule has 0 aliphatic carbocycles. The smallest absolute Gasteiger partial charge is 0.322 e. The lowest BCUT2D eigenvalue weighted by molar-refractivity contribution is -0.147.